The molecule has 1 saturated carbocycles. The van der Waals surface area contributed by atoms with E-state index in [1.165, 1.54) is 6.07 Å². The first-order valence-corrected chi connectivity index (χ1v) is 6.23. The zero-order valence-corrected chi connectivity index (χ0v) is 10.1. The second-order valence-corrected chi connectivity index (χ2v) is 4.95. The Morgan fingerprint density at radius 1 is 1.26 bits per heavy atom. The number of carbonyl (C=O) groups is 1. The summed E-state index contributed by atoms with van der Waals surface area (Å²) in [4.78, 5) is 13.6. The van der Waals surface area contributed by atoms with Gasteiger partial charge in [0.2, 0.25) is 5.91 Å². The lowest BCUT2D eigenvalue weighted by Crippen LogP contribution is -2.26. The smallest absolute Gasteiger partial charge is 0.366 e. The third kappa shape index (κ3) is 2.39. The van der Waals surface area contributed by atoms with Crippen LogP contribution in [0, 0.1) is 0 Å². The highest BCUT2D eigenvalue weighted by Crippen LogP contribution is 2.40. The monoisotopic (exact) mass is 270 g/mol. The van der Waals surface area contributed by atoms with E-state index in [1.54, 1.807) is 0 Å². The van der Waals surface area contributed by atoms with Gasteiger partial charge >= 0.3 is 6.18 Å². The van der Waals surface area contributed by atoms with E-state index in [9.17, 15) is 18.0 Å². The van der Waals surface area contributed by atoms with Gasteiger partial charge in [-0.15, -0.1) is 0 Å². The minimum absolute atomic E-state index is 0.233. The largest absolute Gasteiger partial charge is 0.416 e. The standard InChI is InChI=1S/C13H13F3N2O/c14-13(15,16)8-1-4-11-10(7-8)17-12(19)5-6-18(11)9-2-3-9/h1,4,7,9H,2-3,5-6H2,(H,17,19). The van der Waals surface area contributed by atoms with Crippen molar-refractivity contribution in [2.24, 2.45) is 0 Å². The van der Waals surface area contributed by atoms with Crippen LogP contribution in [0.4, 0.5) is 24.5 Å². The molecule has 0 spiro atoms. The Bertz CT molecular complexity index is 523. The first kappa shape index (κ1) is 12.3. The fraction of sp³-hybridized carbons (Fsp3) is 0.462. The first-order valence-electron chi connectivity index (χ1n) is 6.23. The second-order valence-electron chi connectivity index (χ2n) is 4.95. The van der Waals surface area contributed by atoms with Gasteiger partial charge in [0.15, 0.2) is 0 Å². The Morgan fingerprint density at radius 3 is 2.63 bits per heavy atom. The third-order valence-corrected chi connectivity index (χ3v) is 3.47. The summed E-state index contributed by atoms with van der Waals surface area (Å²) in [7, 11) is 0. The SMILES string of the molecule is O=C1CCN(C2CC2)c2ccc(C(F)(F)F)cc2N1. The van der Waals surface area contributed by atoms with E-state index in [-0.39, 0.29) is 11.6 Å². The van der Waals surface area contributed by atoms with Gasteiger partial charge in [-0.25, -0.2) is 0 Å². The number of nitrogens with one attached hydrogen (secondary N) is 1. The maximum Gasteiger partial charge on any atom is 0.416 e. The maximum absolute atomic E-state index is 12.7. The molecule has 1 heterocycles. The van der Waals surface area contributed by atoms with Crippen molar-refractivity contribution in [3.63, 3.8) is 0 Å². The number of amides is 1. The molecule has 0 unspecified atom stereocenters. The molecule has 6 heteroatoms. The Balaban J connectivity index is 2.03. The van der Waals surface area contributed by atoms with Crippen LogP contribution >= 0.6 is 0 Å². The highest BCUT2D eigenvalue weighted by Gasteiger charge is 2.35. The predicted octanol–water partition coefficient (Wildman–Crippen LogP) is 3.02. The summed E-state index contributed by atoms with van der Waals surface area (Å²) in [6.45, 7) is 0.564. The molecule has 0 radical (unpaired) electrons. The summed E-state index contributed by atoms with van der Waals surface area (Å²) in [5.41, 5.74) is 0.231. The normalized spacial score (nSPS) is 19.7. The van der Waals surface area contributed by atoms with Crippen LogP contribution in [0.15, 0.2) is 18.2 Å². The van der Waals surface area contributed by atoms with E-state index in [1.807, 2.05) is 4.90 Å². The van der Waals surface area contributed by atoms with Gasteiger partial charge in [0, 0.05) is 19.0 Å². The number of hydrogen-bond acceptors (Lipinski definition) is 2. The van der Waals surface area contributed by atoms with Crippen molar-refractivity contribution in [3.8, 4) is 0 Å². The number of nitrogens with zero attached hydrogens (tertiary/aromatic N) is 1. The molecule has 1 aliphatic heterocycles. The zero-order valence-electron chi connectivity index (χ0n) is 10.1. The molecule has 2 aliphatic rings. The molecule has 1 aromatic rings. The van der Waals surface area contributed by atoms with Crippen LogP contribution in [-0.4, -0.2) is 18.5 Å². The molecule has 0 saturated heterocycles. The van der Waals surface area contributed by atoms with Crippen LogP contribution < -0.4 is 10.2 Å². The Morgan fingerprint density at radius 2 is 2.00 bits per heavy atom. The van der Waals surface area contributed by atoms with Gasteiger partial charge in [0.05, 0.1) is 16.9 Å². The Hall–Kier alpha value is -1.72. The predicted molar refractivity (Wildman–Crippen MR) is 65.1 cm³/mol. The molecule has 19 heavy (non-hydrogen) atoms. The molecule has 3 nitrogen and oxygen atoms in total. The van der Waals surface area contributed by atoms with E-state index in [0.29, 0.717) is 24.7 Å². The van der Waals surface area contributed by atoms with Crippen LogP contribution in [0.25, 0.3) is 0 Å². The number of rotatable bonds is 1. The molecule has 1 aromatic carbocycles. The lowest BCUT2D eigenvalue weighted by Gasteiger charge is -2.24. The van der Waals surface area contributed by atoms with Crippen LogP contribution in [0.1, 0.15) is 24.8 Å². The summed E-state index contributed by atoms with van der Waals surface area (Å²) in [6.07, 6.45) is -2.01. The van der Waals surface area contributed by atoms with Crippen LogP contribution in [0.2, 0.25) is 0 Å². The fourth-order valence-corrected chi connectivity index (χ4v) is 2.38. The molecular formula is C13H13F3N2O. The molecule has 1 N–H and O–H groups in total. The van der Waals surface area contributed by atoms with Crippen LogP contribution in [0.5, 0.6) is 0 Å². The maximum atomic E-state index is 12.7. The number of hydrogen-bond donors (Lipinski definition) is 1. The molecule has 102 valence electrons. The fourth-order valence-electron chi connectivity index (χ4n) is 2.38. The van der Waals surface area contributed by atoms with Crippen LogP contribution in [-0.2, 0) is 11.0 Å². The van der Waals surface area contributed by atoms with Crippen molar-refractivity contribution in [2.45, 2.75) is 31.5 Å². The Labute approximate surface area is 108 Å². The number of carbonyl (C=O) groups excluding carboxylic acids is 1. The third-order valence-electron chi connectivity index (χ3n) is 3.47. The molecule has 0 aromatic heterocycles. The number of halogens is 3. The van der Waals surface area contributed by atoms with Gasteiger partial charge < -0.3 is 10.2 Å². The van der Waals surface area contributed by atoms with Crippen molar-refractivity contribution in [3.05, 3.63) is 23.8 Å². The minimum Gasteiger partial charge on any atom is -0.366 e. The van der Waals surface area contributed by atoms with Gasteiger partial charge in [-0.3, -0.25) is 4.79 Å². The summed E-state index contributed by atoms with van der Waals surface area (Å²) in [5, 5.41) is 2.57. The van der Waals surface area contributed by atoms with Gasteiger partial charge in [0.25, 0.3) is 0 Å². The molecule has 0 atom stereocenters. The average molecular weight is 270 g/mol. The zero-order chi connectivity index (χ0) is 13.6. The highest BCUT2D eigenvalue weighted by atomic mass is 19.4. The van der Waals surface area contributed by atoms with Gasteiger partial charge in [-0.05, 0) is 31.0 Å². The minimum atomic E-state index is -4.39. The van der Waals surface area contributed by atoms with E-state index >= 15 is 0 Å². The second kappa shape index (κ2) is 4.15. The number of fused-ring (bicyclic) bond motifs is 1. The lowest BCUT2D eigenvalue weighted by atomic mass is 10.1. The Kier molecular flexibility index (Phi) is 2.69. The van der Waals surface area contributed by atoms with Gasteiger partial charge in [0.1, 0.15) is 0 Å². The van der Waals surface area contributed by atoms with E-state index < -0.39 is 11.7 Å². The lowest BCUT2D eigenvalue weighted by molar-refractivity contribution is -0.137. The van der Waals surface area contributed by atoms with Crippen LogP contribution in [0.3, 0.4) is 0 Å². The highest BCUT2D eigenvalue weighted by molar-refractivity contribution is 5.96. The van der Waals surface area contributed by atoms with Gasteiger partial charge in [-0.1, -0.05) is 0 Å². The summed E-state index contributed by atoms with van der Waals surface area (Å²) in [6, 6.07) is 3.92. The number of benzene rings is 1. The topological polar surface area (TPSA) is 32.3 Å². The number of alkyl halides is 3. The summed E-state index contributed by atoms with van der Waals surface area (Å²) < 4.78 is 38.1. The summed E-state index contributed by atoms with van der Waals surface area (Å²) in [5.74, 6) is -0.233. The van der Waals surface area contributed by atoms with Crippen molar-refractivity contribution in [1.29, 1.82) is 0 Å². The average Bonchev–Trinajstić information content (AvgIpc) is 3.12. The number of anilines is 2. The molecule has 0 bridgehead atoms. The molecular weight excluding hydrogens is 257 g/mol. The first-order chi connectivity index (χ1) is 8.95. The molecule has 1 amide bonds. The van der Waals surface area contributed by atoms with Crippen molar-refractivity contribution in [1.82, 2.24) is 0 Å². The summed E-state index contributed by atoms with van der Waals surface area (Å²) >= 11 is 0. The van der Waals surface area contributed by atoms with E-state index in [2.05, 4.69) is 5.32 Å². The quantitative estimate of drug-likeness (QED) is 0.850. The van der Waals surface area contributed by atoms with Crippen molar-refractivity contribution in [2.75, 3.05) is 16.8 Å². The molecule has 1 fully saturated rings. The van der Waals surface area contributed by atoms with E-state index in [4.69, 9.17) is 0 Å². The molecule has 3 rings (SSSR count). The molecule has 1 aliphatic carbocycles. The van der Waals surface area contributed by atoms with Crippen molar-refractivity contribution < 1.29 is 18.0 Å². The van der Waals surface area contributed by atoms with Crippen molar-refractivity contribution >= 4 is 17.3 Å². The van der Waals surface area contributed by atoms with E-state index in [0.717, 1.165) is 25.0 Å². The van der Waals surface area contributed by atoms with Gasteiger partial charge in [-0.2, -0.15) is 13.2 Å².